The molecule has 1 aliphatic carbocycles. The van der Waals surface area contributed by atoms with Gasteiger partial charge in [0.2, 0.25) is 5.91 Å². The molecule has 7 nitrogen and oxygen atoms in total. The summed E-state index contributed by atoms with van der Waals surface area (Å²) in [6, 6.07) is 14.5. The van der Waals surface area contributed by atoms with Gasteiger partial charge in [0, 0.05) is 5.56 Å². The molecule has 0 radical (unpaired) electrons. The molecule has 1 saturated heterocycles. The lowest BCUT2D eigenvalue weighted by Crippen LogP contribution is -2.31. The first-order valence-electron chi connectivity index (χ1n) is 12.6. The molecule has 5 N–H and O–H groups in total. The average Bonchev–Trinajstić information content (AvgIpc) is 3.24. The van der Waals surface area contributed by atoms with Crippen LogP contribution in [-0.2, 0) is 14.3 Å². The molecule has 1 heterocycles. The summed E-state index contributed by atoms with van der Waals surface area (Å²) in [5.74, 6) is -0.343. The predicted octanol–water partition coefficient (Wildman–Crippen LogP) is 4.08. The summed E-state index contributed by atoms with van der Waals surface area (Å²) in [4.78, 5) is 24.7. The van der Waals surface area contributed by atoms with E-state index in [0.717, 1.165) is 17.5 Å². The molecule has 1 amide bonds. The smallest absolute Gasteiger partial charge is 0.306 e. The van der Waals surface area contributed by atoms with E-state index in [4.69, 9.17) is 15.9 Å². The third-order valence-electron chi connectivity index (χ3n) is 7.33. The maximum atomic E-state index is 12.4. The summed E-state index contributed by atoms with van der Waals surface area (Å²) in [5.41, 5.74) is 8.83. The molecule has 186 valence electrons. The number of carbonyl (C=O) groups is 2. The van der Waals surface area contributed by atoms with Crippen LogP contribution in [0.15, 0.2) is 48.5 Å². The molecule has 2 aliphatic rings. The number of aliphatic hydroxyl groups is 1. The van der Waals surface area contributed by atoms with Crippen LogP contribution in [-0.4, -0.2) is 35.5 Å². The zero-order valence-electron chi connectivity index (χ0n) is 20.0. The molecule has 3 atom stereocenters. The Morgan fingerprint density at radius 2 is 1.69 bits per heavy atom. The maximum absolute atomic E-state index is 12.4. The van der Waals surface area contributed by atoms with Crippen molar-refractivity contribution in [2.75, 3.05) is 6.61 Å². The molecule has 0 bridgehead atoms. The molecule has 7 heteroatoms. The topological polar surface area (TPSA) is 126 Å². The van der Waals surface area contributed by atoms with Gasteiger partial charge in [-0.25, -0.2) is 0 Å². The lowest BCUT2D eigenvalue weighted by Gasteiger charge is -2.21. The summed E-state index contributed by atoms with van der Waals surface area (Å²) in [6.07, 6.45) is 6.76. The van der Waals surface area contributed by atoms with E-state index in [1.54, 1.807) is 12.1 Å². The molecule has 2 aromatic carbocycles. The fraction of sp³-hybridized carbons (Fsp3) is 0.464. The Labute approximate surface area is 206 Å². The van der Waals surface area contributed by atoms with Gasteiger partial charge in [0.15, 0.2) is 0 Å². The number of nitrogens with two attached hydrogens (primary N) is 1. The number of amidine groups is 1. The van der Waals surface area contributed by atoms with E-state index in [-0.39, 0.29) is 24.1 Å². The van der Waals surface area contributed by atoms with Gasteiger partial charge in [-0.3, -0.25) is 15.0 Å². The second-order valence-corrected chi connectivity index (χ2v) is 9.82. The Bertz CT molecular complexity index is 1030. The number of carbonyl (C=O) groups excluding carboxylic acids is 2. The molecule has 0 spiro atoms. The lowest BCUT2D eigenvalue weighted by atomic mass is 9.87. The third-order valence-corrected chi connectivity index (χ3v) is 7.33. The Kier molecular flexibility index (Phi) is 8.18. The minimum Gasteiger partial charge on any atom is -0.466 e. The van der Waals surface area contributed by atoms with E-state index in [9.17, 15) is 14.7 Å². The van der Waals surface area contributed by atoms with Gasteiger partial charge < -0.3 is 20.9 Å². The summed E-state index contributed by atoms with van der Waals surface area (Å²) in [5, 5.41) is 21.2. The summed E-state index contributed by atoms with van der Waals surface area (Å²) >= 11 is 0. The Balaban J connectivity index is 1.27. The number of amides is 1. The highest BCUT2D eigenvalue weighted by Gasteiger charge is 2.37. The Hall–Kier alpha value is -3.19. The van der Waals surface area contributed by atoms with E-state index >= 15 is 0 Å². The number of esters is 1. The highest BCUT2D eigenvalue weighted by Crippen LogP contribution is 2.30. The van der Waals surface area contributed by atoms with E-state index in [2.05, 4.69) is 5.32 Å². The van der Waals surface area contributed by atoms with Crippen molar-refractivity contribution in [3.63, 3.8) is 0 Å². The molecule has 1 aliphatic heterocycles. The van der Waals surface area contributed by atoms with E-state index in [1.807, 2.05) is 36.4 Å². The van der Waals surface area contributed by atoms with Crippen LogP contribution < -0.4 is 11.1 Å². The number of benzene rings is 2. The van der Waals surface area contributed by atoms with Crippen molar-refractivity contribution < 1.29 is 19.4 Å². The lowest BCUT2D eigenvalue weighted by molar-refractivity contribution is -0.146. The molecule has 35 heavy (non-hydrogen) atoms. The average molecular weight is 478 g/mol. The van der Waals surface area contributed by atoms with Crippen molar-refractivity contribution in [2.45, 2.75) is 63.5 Å². The zero-order valence-corrected chi connectivity index (χ0v) is 20.0. The molecule has 2 fully saturated rings. The fourth-order valence-corrected chi connectivity index (χ4v) is 5.18. The van der Waals surface area contributed by atoms with Gasteiger partial charge in [0.1, 0.15) is 5.84 Å². The monoisotopic (exact) mass is 477 g/mol. The predicted molar refractivity (Wildman–Crippen MR) is 135 cm³/mol. The van der Waals surface area contributed by atoms with Gasteiger partial charge in [0.05, 0.1) is 31.1 Å². The van der Waals surface area contributed by atoms with Crippen LogP contribution in [0.5, 0.6) is 0 Å². The highest BCUT2D eigenvalue weighted by molar-refractivity contribution is 5.95. The zero-order chi connectivity index (χ0) is 24.8. The van der Waals surface area contributed by atoms with E-state index < -0.39 is 18.1 Å². The van der Waals surface area contributed by atoms with Gasteiger partial charge >= 0.3 is 5.97 Å². The molecular formula is C28H35N3O4. The molecule has 4 rings (SSSR count). The minimum atomic E-state index is -0.861. The van der Waals surface area contributed by atoms with Gasteiger partial charge in [0.25, 0.3) is 0 Å². The Morgan fingerprint density at radius 3 is 2.31 bits per heavy atom. The number of nitrogens with one attached hydrogen (secondary N) is 2. The molecule has 1 saturated carbocycles. The number of hydrogen-bond acceptors (Lipinski definition) is 5. The van der Waals surface area contributed by atoms with Crippen molar-refractivity contribution >= 4 is 17.7 Å². The number of aliphatic hydroxyl groups excluding tert-OH is 1. The molecule has 2 aromatic rings. The van der Waals surface area contributed by atoms with Gasteiger partial charge in [-0.05, 0) is 35.4 Å². The first kappa shape index (κ1) is 24.9. The normalized spacial score (nSPS) is 21.3. The van der Waals surface area contributed by atoms with E-state index in [1.165, 1.54) is 32.1 Å². The van der Waals surface area contributed by atoms with Crippen LogP contribution >= 0.6 is 0 Å². The quantitative estimate of drug-likeness (QED) is 0.246. The highest BCUT2D eigenvalue weighted by atomic mass is 16.5. The summed E-state index contributed by atoms with van der Waals surface area (Å²) in [7, 11) is 0. The van der Waals surface area contributed by atoms with Crippen LogP contribution in [0.1, 0.15) is 68.6 Å². The van der Waals surface area contributed by atoms with Crippen molar-refractivity contribution in [2.24, 2.45) is 17.6 Å². The molecule has 1 unspecified atom stereocenters. The molecular weight excluding hydrogens is 442 g/mol. The van der Waals surface area contributed by atoms with Crippen LogP contribution in [0.25, 0.3) is 11.1 Å². The van der Waals surface area contributed by atoms with Gasteiger partial charge in [-0.2, -0.15) is 0 Å². The van der Waals surface area contributed by atoms with E-state index in [0.29, 0.717) is 30.1 Å². The van der Waals surface area contributed by atoms with Gasteiger partial charge in [-0.1, -0.05) is 80.6 Å². The number of rotatable bonds is 9. The second kappa shape index (κ2) is 11.5. The van der Waals surface area contributed by atoms with Gasteiger partial charge in [-0.15, -0.1) is 0 Å². The largest absolute Gasteiger partial charge is 0.466 e. The van der Waals surface area contributed by atoms with Crippen molar-refractivity contribution in [3.8, 4) is 11.1 Å². The van der Waals surface area contributed by atoms with Crippen LogP contribution in [0.3, 0.4) is 0 Å². The first-order valence-corrected chi connectivity index (χ1v) is 12.6. The summed E-state index contributed by atoms with van der Waals surface area (Å²) < 4.78 is 5.41. The van der Waals surface area contributed by atoms with Crippen molar-refractivity contribution in [1.29, 1.82) is 5.41 Å². The third kappa shape index (κ3) is 6.48. The van der Waals surface area contributed by atoms with Crippen LogP contribution in [0.4, 0.5) is 0 Å². The Morgan fingerprint density at radius 1 is 1.06 bits per heavy atom. The fourth-order valence-electron chi connectivity index (χ4n) is 5.18. The number of nitrogen functional groups attached to an aromatic ring is 1. The molecule has 0 aromatic heterocycles. The van der Waals surface area contributed by atoms with Crippen molar-refractivity contribution in [1.82, 2.24) is 5.32 Å². The summed E-state index contributed by atoms with van der Waals surface area (Å²) in [6.45, 7) is 0.424. The standard InChI is InChI=1S/C28H35N3O4/c29-27(30)22-12-8-20(9-13-22)19-6-10-21(11-7-19)26(33)24-16-23(28(34)31-24)17-25(32)35-15-14-18-4-2-1-3-5-18/h6-13,18,23-24,26,33H,1-5,14-17H2,(H3,29,30)(H,31,34)/t23-,24-,26?/m0/s1. The van der Waals surface area contributed by atoms with Crippen LogP contribution in [0, 0.1) is 17.2 Å². The number of hydrogen-bond donors (Lipinski definition) is 4. The minimum absolute atomic E-state index is 0.0274. The number of ether oxygens (including phenoxy) is 1. The van der Waals surface area contributed by atoms with Crippen molar-refractivity contribution in [3.05, 3.63) is 59.7 Å². The van der Waals surface area contributed by atoms with Crippen LogP contribution in [0.2, 0.25) is 0 Å². The SMILES string of the molecule is N=C(N)c1ccc(-c2ccc(C(O)[C@@H]3C[C@@H](CC(=O)OCCC4CCCCC4)C(=O)N3)cc2)cc1. The maximum Gasteiger partial charge on any atom is 0.306 e. The second-order valence-electron chi connectivity index (χ2n) is 9.82. The first-order chi connectivity index (χ1) is 16.9.